The van der Waals surface area contributed by atoms with Crippen molar-refractivity contribution >= 4 is 33.2 Å². The minimum absolute atomic E-state index is 0.00360. The van der Waals surface area contributed by atoms with Gasteiger partial charge in [0.25, 0.3) is 0 Å². The Morgan fingerprint density at radius 1 is 1.11 bits per heavy atom. The zero-order valence-electron chi connectivity index (χ0n) is 21.7. The molecule has 2 bridgehead atoms. The van der Waals surface area contributed by atoms with Crippen LogP contribution in [0.1, 0.15) is 57.1 Å². The number of nitriles is 1. The highest BCUT2D eigenvalue weighted by Crippen LogP contribution is 2.57. The molecule has 2 aromatic heterocycles. The lowest BCUT2D eigenvalue weighted by atomic mass is 9.66. The van der Waals surface area contributed by atoms with E-state index in [1.165, 1.54) is 0 Å². The van der Waals surface area contributed by atoms with Gasteiger partial charge in [-0.15, -0.1) is 0 Å². The van der Waals surface area contributed by atoms with Crippen LogP contribution in [-0.2, 0) is 20.0 Å². The second-order valence-electron chi connectivity index (χ2n) is 12.1. The van der Waals surface area contributed by atoms with Crippen LogP contribution in [0.2, 0.25) is 0 Å². The van der Waals surface area contributed by atoms with Crippen molar-refractivity contribution in [2.24, 2.45) is 5.41 Å². The lowest BCUT2D eigenvalue weighted by Crippen LogP contribution is -2.62. The number of carbonyl (C=O) groups excluding carboxylic acids is 1. The fraction of sp³-hybridized carbons (Fsp3) is 0.593. The third-order valence-corrected chi connectivity index (χ3v) is 12.0. The number of piperazine rings is 1. The molecule has 2 aromatic rings. The number of aromatic nitrogens is 3. The van der Waals surface area contributed by atoms with Crippen molar-refractivity contribution in [2.75, 3.05) is 35.2 Å². The third-order valence-electron chi connectivity index (χ3n) is 9.71. The highest BCUT2D eigenvalue weighted by atomic mass is 32.2. The minimum atomic E-state index is -3.13. The number of sulfone groups is 1. The highest BCUT2D eigenvalue weighted by Gasteiger charge is 2.65. The maximum atomic E-state index is 13.6. The summed E-state index contributed by atoms with van der Waals surface area (Å²) >= 11 is 0. The Morgan fingerprint density at radius 3 is 2.53 bits per heavy atom. The zero-order valence-corrected chi connectivity index (χ0v) is 22.5. The Bertz CT molecular complexity index is 1490. The first-order valence-corrected chi connectivity index (χ1v) is 15.2. The molecule has 5 fully saturated rings. The van der Waals surface area contributed by atoms with Gasteiger partial charge in [-0.3, -0.25) is 4.79 Å². The molecule has 10 nitrogen and oxygen atoms in total. The van der Waals surface area contributed by atoms with Gasteiger partial charge in [0.05, 0.1) is 28.1 Å². The van der Waals surface area contributed by atoms with Gasteiger partial charge in [0, 0.05) is 48.9 Å². The van der Waals surface area contributed by atoms with E-state index in [1.807, 2.05) is 11.0 Å². The predicted molar refractivity (Wildman–Crippen MR) is 141 cm³/mol. The van der Waals surface area contributed by atoms with Crippen molar-refractivity contribution < 1.29 is 13.2 Å². The van der Waals surface area contributed by atoms with Crippen LogP contribution in [0.25, 0.3) is 0 Å². The smallest absolute Gasteiger partial charge is 0.230 e. The van der Waals surface area contributed by atoms with Crippen LogP contribution in [0.4, 0.5) is 17.5 Å². The summed E-state index contributed by atoms with van der Waals surface area (Å²) in [6.07, 6.45) is 7.49. The third kappa shape index (κ3) is 3.19. The van der Waals surface area contributed by atoms with Crippen molar-refractivity contribution in [2.45, 2.75) is 68.7 Å². The first kappa shape index (κ1) is 23.8. The molecule has 8 rings (SSSR count). The molecular weight excluding hydrogens is 502 g/mol. The Morgan fingerprint density at radius 2 is 1.87 bits per heavy atom. The monoisotopic (exact) mass is 533 g/mol. The van der Waals surface area contributed by atoms with Gasteiger partial charge in [0.15, 0.2) is 9.84 Å². The van der Waals surface area contributed by atoms with E-state index in [4.69, 9.17) is 9.97 Å². The van der Waals surface area contributed by atoms with E-state index in [2.05, 4.69) is 34.7 Å². The number of fused-ring (bicyclic) bond motifs is 3. The molecule has 38 heavy (non-hydrogen) atoms. The molecule has 3 saturated heterocycles. The average molecular weight is 534 g/mol. The van der Waals surface area contributed by atoms with Crippen molar-refractivity contribution in [3.8, 4) is 6.07 Å². The minimum Gasteiger partial charge on any atom is -0.350 e. The topological polar surface area (TPSA) is 123 Å². The largest absolute Gasteiger partial charge is 0.350 e. The van der Waals surface area contributed by atoms with Crippen LogP contribution in [-0.4, -0.2) is 76.9 Å². The van der Waals surface area contributed by atoms with Crippen molar-refractivity contribution in [3.63, 3.8) is 0 Å². The molecular formula is C27H31N7O3S. The standard InChI is InChI=1S/C27H31N7O3S/c1-17-13-33(25(35)27-9-20(10-27)38(36,37)15-27)18(2)12-32(17)23-22-24(31-16-30-23)34(14-26(22)5-3-6-26)21-8-19(11-28)4-7-29-21/h4,7-8,16-18,20H,3,5-6,9-10,12-15H2,1-2H3/t17-,18+,20?,27?/m0/s1. The van der Waals surface area contributed by atoms with Gasteiger partial charge in [-0.05, 0) is 51.7 Å². The van der Waals surface area contributed by atoms with Gasteiger partial charge in [0.2, 0.25) is 5.91 Å². The first-order valence-electron chi connectivity index (χ1n) is 13.4. The summed E-state index contributed by atoms with van der Waals surface area (Å²) in [7, 11) is -3.13. The van der Waals surface area contributed by atoms with E-state index in [0.717, 1.165) is 48.8 Å². The lowest BCUT2D eigenvalue weighted by molar-refractivity contribution is -0.147. The van der Waals surface area contributed by atoms with Crippen molar-refractivity contribution in [3.05, 3.63) is 35.8 Å². The SMILES string of the molecule is C[C@@H]1CN(c2ncnc3c2C2(CCC2)CN3c2cc(C#N)ccn2)[C@@H](C)CN1C(=O)C12CC(C1)S(=O)(=O)C2. The highest BCUT2D eigenvalue weighted by molar-refractivity contribution is 7.92. The van der Waals surface area contributed by atoms with Crippen molar-refractivity contribution in [1.29, 1.82) is 5.26 Å². The maximum Gasteiger partial charge on any atom is 0.230 e. The molecule has 0 radical (unpaired) electrons. The number of carbonyl (C=O) groups is 1. The summed E-state index contributed by atoms with van der Waals surface area (Å²) in [4.78, 5) is 34.1. The molecule has 2 aliphatic carbocycles. The van der Waals surface area contributed by atoms with Gasteiger partial charge >= 0.3 is 0 Å². The summed E-state index contributed by atoms with van der Waals surface area (Å²) in [6, 6.07) is 5.68. The Labute approximate surface area is 222 Å². The number of anilines is 3. The molecule has 2 saturated carbocycles. The number of amides is 1. The molecule has 11 heteroatoms. The van der Waals surface area contributed by atoms with Crippen LogP contribution < -0.4 is 9.80 Å². The number of nitrogens with zero attached hydrogens (tertiary/aromatic N) is 7. The fourth-order valence-corrected chi connectivity index (χ4v) is 10.0. The molecule has 198 valence electrons. The Hall–Kier alpha value is -3.26. The number of rotatable bonds is 3. The molecule has 1 spiro atoms. The van der Waals surface area contributed by atoms with E-state index in [0.29, 0.717) is 31.5 Å². The first-order chi connectivity index (χ1) is 18.2. The van der Waals surface area contributed by atoms with E-state index in [1.54, 1.807) is 18.6 Å². The van der Waals surface area contributed by atoms with Gasteiger partial charge in [-0.25, -0.2) is 23.4 Å². The van der Waals surface area contributed by atoms with Gasteiger partial charge in [0.1, 0.15) is 23.8 Å². The molecule has 0 unspecified atom stereocenters. The molecule has 4 aliphatic heterocycles. The normalized spacial score (nSPS) is 31.9. The Kier molecular flexibility index (Phi) is 4.94. The number of hydrogen-bond donors (Lipinski definition) is 0. The molecule has 0 aromatic carbocycles. The quantitative estimate of drug-likeness (QED) is 0.585. The second kappa shape index (κ2) is 7.88. The van der Waals surface area contributed by atoms with E-state index in [9.17, 15) is 18.5 Å². The number of pyridine rings is 1. The number of hydrogen-bond acceptors (Lipinski definition) is 9. The summed E-state index contributed by atoms with van der Waals surface area (Å²) in [6.45, 7) is 6.09. The van der Waals surface area contributed by atoms with E-state index < -0.39 is 15.3 Å². The van der Waals surface area contributed by atoms with Crippen LogP contribution in [0.5, 0.6) is 0 Å². The lowest BCUT2D eigenvalue weighted by Gasteiger charge is -2.49. The summed E-state index contributed by atoms with van der Waals surface area (Å²) in [5.74, 6) is 2.51. The Balaban J connectivity index is 1.20. The van der Waals surface area contributed by atoms with Gasteiger partial charge in [-0.2, -0.15) is 5.26 Å². The van der Waals surface area contributed by atoms with Crippen molar-refractivity contribution in [1.82, 2.24) is 19.9 Å². The average Bonchev–Trinajstić information content (AvgIpc) is 3.46. The second-order valence-corrected chi connectivity index (χ2v) is 14.3. The summed E-state index contributed by atoms with van der Waals surface area (Å²) in [5.41, 5.74) is 0.953. The predicted octanol–water partition coefficient (Wildman–Crippen LogP) is 2.32. The van der Waals surface area contributed by atoms with E-state index in [-0.39, 0.29) is 34.4 Å². The molecule has 0 N–H and O–H groups in total. The fourth-order valence-electron chi connectivity index (χ4n) is 7.49. The molecule has 2 atom stereocenters. The molecule has 6 aliphatic rings. The maximum absolute atomic E-state index is 13.6. The zero-order chi connectivity index (χ0) is 26.4. The molecule has 1 amide bonds. The van der Waals surface area contributed by atoms with Gasteiger partial charge < -0.3 is 14.7 Å². The summed E-state index contributed by atoms with van der Waals surface area (Å²) in [5, 5.41) is 9.09. The van der Waals surface area contributed by atoms with Crippen LogP contribution in [0.3, 0.4) is 0 Å². The summed E-state index contributed by atoms with van der Waals surface area (Å²) < 4.78 is 24.7. The van der Waals surface area contributed by atoms with Crippen LogP contribution >= 0.6 is 0 Å². The van der Waals surface area contributed by atoms with Gasteiger partial charge in [-0.1, -0.05) is 6.42 Å². The van der Waals surface area contributed by atoms with Crippen LogP contribution in [0, 0.1) is 16.7 Å². The van der Waals surface area contributed by atoms with Crippen LogP contribution in [0.15, 0.2) is 24.7 Å². The van der Waals surface area contributed by atoms with E-state index >= 15 is 0 Å². The molecule has 6 heterocycles.